The predicted octanol–water partition coefficient (Wildman–Crippen LogP) is 4.82. The molecule has 0 bridgehead atoms. The van der Waals surface area contributed by atoms with E-state index in [0.29, 0.717) is 0 Å². The van der Waals surface area contributed by atoms with Gasteiger partial charge in [0.2, 0.25) is 10.0 Å². The van der Waals surface area contributed by atoms with E-state index in [1.165, 1.54) is 0 Å². The number of hydrogen-bond acceptors (Lipinski definition) is 2. The van der Waals surface area contributed by atoms with Gasteiger partial charge in [-0.05, 0) is 30.2 Å². The van der Waals surface area contributed by atoms with Crippen LogP contribution in [-0.4, -0.2) is 8.42 Å². The minimum atomic E-state index is -3.63. The third-order valence-corrected chi connectivity index (χ3v) is 6.05. The molecule has 4 heteroatoms. The molecular weight excluding hydrogens is 342 g/mol. The Balaban J connectivity index is 1.97. The van der Waals surface area contributed by atoms with Gasteiger partial charge in [-0.1, -0.05) is 85.3 Å². The second kappa shape index (κ2) is 7.85. The third-order valence-electron chi connectivity index (χ3n) is 4.60. The number of rotatable bonds is 6. The molecule has 3 aromatic carbocycles. The van der Waals surface area contributed by atoms with Gasteiger partial charge in [-0.15, -0.1) is 0 Å². The largest absolute Gasteiger partial charge is 0.241 e. The molecule has 0 aromatic heterocycles. The molecule has 0 unspecified atom stereocenters. The van der Waals surface area contributed by atoms with Crippen LogP contribution in [0.1, 0.15) is 35.6 Å². The Kier molecular flexibility index (Phi) is 5.55. The zero-order valence-corrected chi connectivity index (χ0v) is 15.8. The molecule has 0 saturated carbocycles. The maximum atomic E-state index is 13.0. The Morgan fingerprint density at radius 3 is 1.77 bits per heavy atom. The number of hydrogen-bond donors (Lipinski definition) is 1. The number of nitrogens with one attached hydrogen (secondary N) is 1. The molecule has 0 fully saturated rings. The van der Waals surface area contributed by atoms with Crippen molar-refractivity contribution in [3.8, 4) is 0 Å². The highest BCUT2D eigenvalue weighted by Crippen LogP contribution is 2.32. The van der Waals surface area contributed by atoms with E-state index in [4.69, 9.17) is 0 Å². The molecule has 3 nitrogen and oxygen atoms in total. The van der Waals surface area contributed by atoms with Crippen molar-refractivity contribution in [3.05, 3.63) is 102 Å². The van der Waals surface area contributed by atoms with Crippen LogP contribution < -0.4 is 4.72 Å². The van der Waals surface area contributed by atoms with Crippen molar-refractivity contribution in [2.45, 2.75) is 30.7 Å². The first-order chi connectivity index (χ1) is 12.5. The molecule has 134 valence electrons. The average Bonchev–Trinajstić information content (AvgIpc) is 2.67. The molecular formula is C22H23NO2S. The van der Waals surface area contributed by atoms with Gasteiger partial charge in [0.05, 0.1) is 10.9 Å². The van der Waals surface area contributed by atoms with Gasteiger partial charge >= 0.3 is 0 Å². The number of aryl methyl sites for hydroxylation is 1. The third kappa shape index (κ3) is 4.21. The van der Waals surface area contributed by atoms with Gasteiger partial charge in [0.15, 0.2) is 0 Å². The molecule has 0 aliphatic carbocycles. The predicted molar refractivity (Wildman–Crippen MR) is 106 cm³/mol. The molecule has 0 saturated heterocycles. The topological polar surface area (TPSA) is 46.2 Å². The lowest BCUT2D eigenvalue weighted by Crippen LogP contribution is -2.32. The Hall–Kier alpha value is -2.43. The highest BCUT2D eigenvalue weighted by atomic mass is 32.2. The van der Waals surface area contributed by atoms with Crippen LogP contribution in [0.15, 0.2) is 89.8 Å². The second-order valence-electron chi connectivity index (χ2n) is 6.52. The van der Waals surface area contributed by atoms with Crippen molar-refractivity contribution in [3.63, 3.8) is 0 Å². The standard InChI is InChI=1S/C22H23NO2S/c1-17-13-15-21(16-14-17)26(24,25)23-22(20-11-7-4-8-12-20)18(2)19-9-5-3-6-10-19/h3-16,18,22-23H,1-2H3/t18-,22+/m1/s1. The van der Waals surface area contributed by atoms with Crippen molar-refractivity contribution in [1.82, 2.24) is 4.72 Å². The maximum Gasteiger partial charge on any atom is 0.241 e. The second-order valence-corrected chi connectivity index (χ2v) is 8.24. The van der Waals surface area contributed by atoms with Crippen LogP contribution in [0.2, 0.25) is 0 Å². The van der Waals surface area contributed by atoms with Crippen LogP contribution in [0, 0.1) is 6.92 Å². The minimum absolute atomic E-state index is 0.0150. The zero-order valence-electron chi connectivity index (χ0n) is 15.0. The van der Waals surface area contributed by atoms with E-state index in [9.17, 15) is 8.42 Å². The Morgan fingerprint density at radius 2 is 1.23 bits per heavy atom. The molecule has 26 heavy (non-hydrogen) atoms. The first kappa shape index (κ1) is 18.4. The van der Waals surface area contributed by atoms with Crippen LogP contribution in [0.5, 0.6) is 0 Å². The van der Waals surface area contributed by atoms with E-state index in [2.05, 4.69) is 4.72 Å². The Bertz CT molecular complexity index is 936. The molecule has 0 spiro atoms. The van der Waals surface area contributed by atoms with Gasteiger partial charge in [-0.2, -0.15) is 0 Å². The van der Waals surface area contributed by atoms with Gasteiger partial charge in [-0.3, -0.25) is 0 Å². The fourth-order valence-electron chi connectivity index (χ4n) is 3.02. The highest BCUT2D eigenvalue weighted by molar-refractivity contribution is 7.89. The molecule has 0 aliphatic heterocycles. The van der Waals surface area contributed by atoms with Crippen LogP contribution >= 0.6 is 0 Å². The summed E-state index contributed by atoms with van der Waals surface area (Å²) >= 11 is 0. The molecule has 3 rings (SSSR count). The van der Waals surface area contributed by atoms with Gasteiger partial charge in [-0.25, -0.2) is 13.1 Å². The molecule has 0 heterocycles. The maximum absolute atomic E-state index is 13.0. The van der Waals surface area contributed by atoms with E-state index in [1.807, 2.05) is 86.6 Å². The van der Waals surface area contributed by atoms with Crippen LogP contribution in [0.25, 0.3) is 0 Å². The normalized spacial score (nSPS) is 13.9. The van der Waals surface area contributed by atoms with Crippen molar-refractivity contribution in [2.24, 2.45) is 0 Å². The van der Waals surface area contributed by atoms with Crippen molar-refractivity contribution < 1.29 is 8.42 Å². The van der Waals surface area contributed by atoms with Crippen LogP contribution in [-0.2, 0) is 10.0 Å². The first-order valence-electron chi connectivity index (χ1n) is 8.66. The molecule has 1 N–H and O–H groups in total. The van der Waals surface area contributed by atoms with Gasteiger partial charge < -0.3 is 0 Å². The van der Waals surface area contributed by atoms with Crippen molar-refractivity contribution in [2.75, 3.05) is 0 Å². The summed E-state index contributed by atoms with van der Waals surface area (Å²) in [5.41, 5.74) is 3.06. The van der Waals surface area contributed by atoms with Crippen molar-refractivity contribution >= 4 is 10.0 Å². The van der Waals surface area contributed by atoms with Gasteiger partial charge in [0, 0.05) is 5.92 Å². The minimum Gasteiger partial charge on any atom is -0.207 e. The summed E-state index contributed by atoms with van der Waals surface area (Å²) in [5, 5.41) is 0. The number of sulfonamides is 1. The molecule has 0 radical (unpaired) electrons. The smallest absolute Gasteiger partial charge is 0.207 e. The summed E-state index contributed by atoms with van der Waals surface area (Å²) in [6.07, 6.45) is 0. The summed E-state index contributed by atoms with van der Waals surface area (Å²) in [6.45, 7) is 3.98. The highest BCUT2D eigenvalue weighted by Gasteiger charge is 2.26. The Labute approximate surface area is 155 Å². The summed E-state index contributed by atoms with van der Waals surface area (Å²) in [6, 6.07) is 26.2. The van der Waals surface area contributed by atoms with Crippen LogP contribution in [0.4, 0.5) is 0 Å². The summed E-state index contributed by atoms with van der Waals surface area (Å²) in [5.74, 6) is -0.0150. The average molecular weight is 365 g/mol. The van der Waals surface area contributed by atoms with Crippen LogP contribution in [0.3, 0.4) is 0 Å². The first-order valence-corrected chi connectivity index (χ1v) is 10.1. The quantitative estimate of drug-likeness (QED) is 0.681. The zero-order chi connectivity index (χ0) is 18.6. The SMILES string of the molecule is Cc1ccc(S(=O)(=O)N[C@H](c2ccccc2)[C@H](C)c2ccccc2)cc1. The fourth-order valence-corrected chi connectivity index (χ4v) is 4.33. The summed E-state index contributed by atoms with van der Waals surface area (Å²) in [7, 11) is -3.63. The molecule has 0 aliphatic rings. The monoisotopic (exact) mass is 365 g/mol. The van der Waals surface area contributed by atoms with Gasteiger partial charge in [0.25, 0.3) is 0 Å². The molecule has 0 amide bonds. The summed E-state index contributed by atoms with van der Waals surface area (Å²) < 4.78 is 28.8. The molecule has 2 atom stereocenters. The fraction of sp³-hybridized carbons (Fsp3) is 0.182. The van der Waals surface area contributed by atoms with E-state index in [-0.39, 0.29) is 16.9 Å². The van der Waals surface area contributed by atoms with E-state index in [0.717, 1.165) is 16.7 Å². The van der Waals surface area contributed by atoms with Crippen molar-refractivity contribution in [1.29, 1.82) is 0 Å². The lowest BCUT2D eigenvalue weighted by Gasteiger charge is -2.26. The molecule has 3 aromatic rings. The lowest BCUT2D eigenvalue weighted by atomic mass is 9.89. The van der Waals surface area contributed by atoms with Gasteiger partial charge in [0.1, 0.15) is 0 Å². The van der Waals surface area contributed by atoms with E-state index >= 15 is 0 Å². The number of benzene rings is 3. The van der Waals surface area contributed by atoms with E-state index in [1.54, 1.807) is 12.1 Å². The lowest BCUT2D eigenvalue weighted by molar-refractivity contribution is 0.516. The Morgan fingerprint density at radius 1 is 0.731 bits per heavy atom. The van der Waals surface area contributed by atoms with E-state index < -0.39 is 10.0 Å². The summed E-state index contributed by atoms with van der Waals surface area (Å²) in [4.78, 5) is 0.282.